The van der Waals surface area contributed by atoms with Gasteiger partial charge in [0.1, 0.15) is 4.83 Å². The van der Waals surface area contributed by atoms with E-state index in [0.29, 0.717) is 0 Å². The predicted molar refractivity (Wildman–Crippen MR) is 124 cm³/mol. The molecule has 1 atom stereocenters. The maximum Gasteiger partial charge on any atom is 0.125 e. The third-order valence-corrected chi connectivity index (χ3v) is 7.41. The number of hydrogen-bond acceptors (Lipinski definition) is 2. The first-order valence-corrected chi connectivity index (χ1v) is 11.5. The van der Waals surface area contributed by atoms with Crippen LogP contribution < -0.4 is 0 Å². The zero-order valence-electron chi connectivity index (χ0n) is 16.1. The smallest absolute Gasteiger partial charge is 0.125 e. The first-order chi connectivity index (χ1) is 13.6. The molecule has 0 saturated heterocycles. The molecule has 140 valence electrons. The van der Waals surface area contributed by atoms with E-state index in [0.717, 1.165) is 16.1 Å². The van der Waals surface area contributed by atoms with Crippen LogP contribution in [-0.4, -0.2) is 4.98 Å². The van der Waals surface area contributed by atoms with Gasteiger partial charge in [0.25, 0.3) is 0 Å². The minimum absolute atomic E-state index is 0.772. The normalized spacial score (nSPS) is 16.3. The van der Waals surface area contributed by atoms with Gasteiger partial charge >= 0.3 is 0 Å². The Bertz CT molecular complexity index is 1170. The zero-order valence-corrected chi connectivity index (χ0v) is 18.5. The molecule has 1 nitrogen and oxygen atoms in total. The van der Waals surface area contributed by atoms with Gasteiger partial charge in [-0.15, -0.1) is 11.3 Å². The standard InChI is InChI=1S/C25H22BrNS/c1-15-4-3-5-18(12-15)21-14-22(17-7-9-19(26)10-8-17)27-25-24(21)20-11-6-16(2)13-23(20)28-25/h3-5,7-10,12,14,16H,6,11,13H2,1-2H3. The van der Waals surface area contributed by atoms with Crippen molar-refractivity contribution in [3.63, 3.8) is 0 Å². The number of hydrogen-bond donors (Lipinski definition) is 0. The van der Waals surface area contributed by atoms with Crippen LogP contribution in [0.3, 0.4) is 0 Å². The fourth-order valence-electron chi connectivity index (χ4n) is 4.25. The lowest BCUT2D eigenvalue weighted by molar-refractivity contribution is 0.509. The Hall–Kier alpha value is -1.97. The van der Waals surface area contributed by atoms with Crippen molar-refractivity contribution in [1.29, 1.82) is 0 Å². The van der Waals surface area contributed by atoms with E-state index in [1.807, 2.05) is 11.3 Å². The Balaban J connectivity index is 1.79. The molecule has 28 heavy (non-hydrogen) atoms. The monoisotopic (exact) mass is 447 g/mol. The van der Waals surface area contributed by atoms with Gasteiger partial charge in [-0.25, -0.2) is 4.98 Å². The average molecular weight is 448 g/mol. The van der Waals surface area contributed by atoms with Crippen LogP contribution in [-0.2, 0) is 12.8 Å². The van der Waals surface area contributed by atoms with Crippen molar-refractivity contribution < 1.29 is 0 Å². The molecule has 4 aromatic rings. The van der Waals surface area contributed by atoms with Crippen molar-refractivity contribution >= 4 is 37.5 Å². The SMILES string of the molecule is Cc1cccc(-c2cc(-c3ccc(Br)cc3)nc3sc4c(c23)CCC(C)C4)c1. The topological polar surface area (TPSA) is 12.9 Å². The highest BCUT2D eigenvalue weighted by Gasteiger charge is 2.23. The van der Waals surface area contributed by atoms with Crippen LogP contribution in [0, 0.1) is 12.8 Å². The van der Waals surface area contributed by atoms with Gasteiger partial charge in [-0.2, -0.15) is 0 Å². The van der Waals surface area contributed by atoms with Gasteiger partial charge < -0.3 is 0 Å². The van der Waals surface area contributed by atoms with Crippen LogP contribution in [0.2, 0.25) is 0 Å². The maximum atomic E-state index is 5.12. The van der Waals surface area contributed by atoms with Crippen molar-refractivity contribution in [1.82, 2.24) is 4.98 Å². The van der Waals surface area contributed by atoms with Crippen molar-refractivity contribution in [2.75, 3.05) is 0 Å². The fourth-order valence-corrected chi connectivity index (χ4v) is 5.92. The van der Waals surface area contributed by atoms with Crippen LogP contribution >= 0.6 is 27.3 Å². The molecule has 0 N–H and O–H groups in total. The second kappa shape index (κ2) is 7.13. The Morgan fingerprint density at radius 2 is 1.86 bits per heavy atom. The lowest BCUT2D eigenvalue weighted by Gasteiger charge is -2.18. The van der Waals surface area contributed by atoms with Gasteiger partial charge in [0.05, 0.1) is 5.69 Å². The van der Waals surface area contributed by atoms with Crippen LogP contribution in [0.5, 0.6) is 0 Å². The number of pyridine rings is 1. The largest absolute Gasteiger partial charge is 0.237 e. The van der Waals surface area contributed by atoms with E-state index in [4.69, 9.17) is 4.98 Å². The number of fused-ring (bicyclic) bond motifs is 3. The molecule has 1 unspecified atom stereocenters. The summed E-state index contributed by atoms with van der Waals surface area (Å²) >= 11 is 5.45. The van der Waals surface area contributed by atoms with Gasteiger partial charge in [-0.1, -0.05) is 64.8 Å². The number of halogens is 1. The molecule has 1 aliphatic carbocycles. The van der Waals surface area contributed by atoms with Crippen LogP contribution in [0.4, 0.5) is 0 Å². The summed E-state index contributed by atoms with van der Waals surface area (Å²) in [7, 11) is 0. The molecule has 2 aromatic heterocycles. The van der Waals surface area contributed by atoms with E-state index in [2.05, 4.69) is 84.4 Å². The van der Waals surface area contributed by atoms with Crippen molar-refractivity contribution in [2.24, 2.45) is 5.92 Å². The van der Waals surface area contributed by atoms with Gasteiger partial charge in [0.2, 0.25) is 0 Å². The first kappa shape index (κ1) is 18.1. The molecule has 0 fully saturated rings. The Kier molecular flexibility index (Phi) is 4.60. The van der Waals surface area contributed by atoms with Crippen molar-refractivity contribution in [2.45, 2.75) is 33.1 Å². The van der Waals surface area contributed by atoms with Gasteiger partial charge in [-0.05, 0) is 67.0 Å². The quantitative estimate of drug-likeness (QED) is 0.305. The van der Waals surface area contributed by atoms with E-state index in [9.17, 15) is 0 Å². The number of aryl methyl sites for hydroxylation is 2. The van der Waals surface area contributed by atoms with Crippen LogP contribution in [0.1, 0.15) is 29.3 Å². The molecular formula is C25H22BrNS. The Morgan fingerprint density at radius 1 is 1.04 bits per heavy atom. The molecule has 2 heterocycles. The van der Waals surface area contributed by atoms with Gasteiger partial charge in [-0.3, -0.25) is 0 Å². The van der Waals surface area contributed by atoms with E-state index in [1.165, 1.54) is 51.7 Å². The summed E-state index contributed by atoms with van der Waals surface area (Å²) in [4.78, 5) is 7.85. The Morgan fingerprint density at radius 3 is 2.64 bits per heavy atom. The summed E-state index contributed by atoms with van der Waals surface area (Å²) in [6.07, 6.45) is 3.65. The third kappa shape index (κ3) is 3.21. The molecule has 0 radical (unpaired) electrons. The third-order valence-electron chi connectivity index (χ3n) is 5.73. The molecule has 5 rings (SSSR count). The second-order valence-corrected chi connectivity index (χ2v) is 9.96. The summed E-state index contributed by atoms with van der Waals surface area (Å²) in [6, 6.07) is 19.6. The summed E-state index contributed by atoms with van der Waals surface area (Å²) in [5.41, 5.74) is 7.69. The molecule has 3 heteroatoms. The van der Waals surface area contributed by atoms with Crippen LogP contribution in [0.25, 0.3) is 32.6 Å². The minimum Gasteiger partial charge on any atom is -0.237 e. The predicted octanol–water partition coefficient (Wildman–Crippen LogP) is 7.83. The van der Waals surface area contributed by atoms with Crippen LogP contribution in [0.15, 0.2) is 59.1 Å². The van der Waals surface area contributed by atoms with E-state index >= 15 is 0 Å². The summed E-state index contributed by atoms with van der Waals surface area (Å²) < 4.78 is 1.09. The van der Waals surface area contributed by atoms with Crippen molar-refractivity contribution in [3.8, 4) is 22.4 Å². The van der Waals surface area contributed by atoms with Gasteiger partial charge in [0.15, 0.2) is 0 Å². The maximum absolute atomic E-state index is 5.12. The highest BCUT2D eigenvalue weighted by molar-refractivity contribution is 9.10. The molecule has 0 amide bonds. The highest BCUT2D eigenvalue weighted by Crippen LogP contribution is 2.43. The Labute approximate surface area is 178 Å². The second-order valence-electron chi connectivity index (χ2n) is 7.96. The molecular weight excluding hydrogens is 426 g/mol. The summed E-state index contributed by atoms with van der Waals surface area (Å²) in [5, 5.41) is 1.39. The summed E-state index contributed by atoms with van der Waals surface area (Å²) in [6.45, 7) is 4.54. The number of aromatic nitrogens is 1. The summed E-state index contributed by atoms with van der Waals surface area (Å²) in [5.74, 6) is 0.772. The zero-order chi connectivity index (χ0) is 19.3. The molecule has 0 saturated carbocycles. The molecule has 2 aromatic carbocycles. The fraction of sp³-hybridized carbons (Fsp3) is 0.240. The first-order valence-electron chi connectivity index (χ1n) is 9.87. The number of benzene rings is 2. The van der Waals surface area contributed by atoms with E-state index < -0.39 is 0 Å². The highest BCUT2D eigenvalue weighted by atomic mass is 79.9. The lowest BCUT2D eigenvalue weighted by Crippen LogP contribution is -2.08. The number of rotatable bonds is 2. The minimum atomic E-state index is 0.772. The molecule has 0 aliphatic heterocycles. The number of thiophene rings is 1. The number of nitrogens with zero attached hydrogens (tertiary/aromatic N) is 1. The lowest BCUT2D eigenvalue weighted by atomic mass is 9.87. The van der Waals surface area contributed by atoms with Gasteiger partial charge in [0, 0.05) is 20.3 Å². The molecule has 0 bridgehead atoms. The van der Waals surface area contributed by atoms with E-state index in [-0.39, 0.29) is 0 Å². The molecule has 1 aliphatic rings. The average Bonchev–Trinajstić information content (AvgIpc) is 3.05. The van der Waals surface area contributed by atoms with Crippen molar-refractivity contribution in [3.05, 3.63) is 75.1 Å². The molecule has 0 spiro atoms. The van der Waals surface area contributed by atoms with E-state index in [1.54, 1.807) is 10.4 Å².